The van der Waals surface area contributed by atoms with Crippen molar-refractivity contribution < 1.29 is 4.79 Å². The summed E-state index contributed by atoms with van der Waals surface area (Å²) in [5.74, 6) is 2.48. The van der Waals surface area contributed by atoms with Crippen molar-refractivity contribution in [3.8, 4) is 0 Å². The number of carbonyl (C=O) groups excluding carboxylic acids is 1. The van der Waals surface area contributed by atoms with Crippen LogP contribution >= 0.6 is 11.8 Å². The van der Waals surface area contributed by atoms with E-state index in [1.54, 1.807) is 24.2 Å². The number of anilines is 1. The molecule has 0 atom stereocenters. The minimum Gasteiger partial charge on any atom is -0.399 e. The molecule has 9 nitrogen and oxygen atoms in total. The van der Waals surface area contributed by atoms with E-state index in [1.165, 1.54) is 0 Å². The summed E-state index contributed by atoms with van der Waals surface area (Å²) in [6.45, 7) is 4.23. The molecule has 0 unspecified atom stereocenters. The number of nitrogens with two attached hydrogens (primary N) is 2. The summed E-state index contributed by atoms with van der Waals surface area (Å²) in [7, 11) is 0. The number of likely N-dealkylation sites (tertiary alicyclic amines) is 2. The van der Waals surface area contributed by atoms with Gasteiger partial charge >= 0.3 is 0 Å². The zero-order valence-electron chi connectivity index (χ0n) is 20.0. The Morgan fingerprint density at radius 3 is 2.50 bits per heavy atom. The lowest BCUT2D eigenvalue weighted by Crippen LogP contribution is -2.49. The third kappa shape index (κ3) is 6.09. The van der Waals surface area contributed by atoms with Gasteiger partial charge in [-0.15, -0.1) is 11.8 Å². The van der Waals surface area contributed by atoms with Gasteiger partial charge in [-0.2, -0.15) is 0 Å². The minimum atomic E-state index is 0.119. The number of aliphatic imine (C=N–C) groups is 1. The van der Waals surface area contributed by atoms with Crippen molar-refractivity contribution in [3.05, 3.63) is 41.6 Å². The SMILES string of the molecule is CSCN(C1=C(N)CC=CC=N1)C1CCN(C(=O)C2CCN(Cc3cnc(N)nc3)CC2)CC1. The fourth-order valence-corrected chi connectivity index (χ4v) is 5.59. The molecule has 4 rings (SSSR count). The van der Waals surface area contributed by atoms with E-state index in [2.05, 4.69) is 35.9 Å². The van der Waals surface area contributed by atoms with E-state index in [9.17, 15) is 4.79 Å². The first kappa shape index (κ1) is 24.5. The smallest absolute Gasteiger partial charge is 0.225 e. The molecule has 3 aliphatic rings. The van der Waals surface area contributed by atoms with Crippen molar-refractivity contribution in [2.24, 2.45) is 16.6 Å². The van der Waals surface area contributed by atoms with Crippen molar-refractivity contribution in [2.45, 2.75) is 44.7 Å². The van der Waals surface area contributed by atoms with Crippen LogP contribution in [0.2, 0.25) is 0 Å². The van der Waals surface area contributed by atoms with E-state index in [4.69, 9.17) is 11.5 Å². The molecule has 0 aromatic carbocycles. The van der Waals surface area contributed by atoms with E-state index in [0.29, 0.717) is 17.9 Å². The molecule has 1 aromatic heterocycles. The van der Waals surface area contributed by atoms with Crippen LogP contribution in [0.3, 0.4) is 0 Å². The average Bonchev–Trinajstić information content (AvgIpc) is 3.08. The maximum atomic E-state index is 13.3. The number of nitrogen functional groups attached to an aromatic ring is 1. The molecule has 10 heteroatoms. The Morgan fingerprint density at radius 1 is 1.12 bits per heavy atom. The van der Waals surface area contributed by atoms with Crippen molar-refractivity contribution in [1.82, 2.24) is 24.7 Å². The van der Waals surface area contributed by atoms with Crippen LogP contribution in [0.4, 0.5) is 5.95 Å². The van der Waals surface area contributed by atoms with Gasteiger partial charge in [0.25, 0.3) is 0 Å². The van der Waals surface area contributed by atoms with Crippen LogP contribution in [0, 0.1) is 5.92 Å². The van der Waals surface area contributed by atoms with Gasteiger partial charge in [0.1, 0.15) is 5.82 Å². The molecule has 0 radical (unpaired) electrons. The van der Waals surface area contributed by atoms with Crippen LogP contribution in [-0.4, -0.2) is 81.1 Å². The van der Waals surface area contributed by atoms with Gasteiger partial charge in [-0.3, -0.25) is 9.69 Å². The quantitative estimate of drug-likeness (QED) is 0.565. The molecule has 0 aliphatic carbocycles. The van der Waals surface area contributed by atoms with E-state index < -0.39 is 0 Å². The molecule has 3 aliphatic heterocycles. The first-order valence-corrected chi connectivity index (χ1v) is 13.5. The molecular formula is C24H36N8OS. The molecule has 184 valence electrons. The summed E-state index contributed by atoms with van der Waals surface area (Å²) < 4.78 is 0. The van der Waals surface area contributed by atoms with Gasteiger partial charge in [0.15, 0.2) is 0 Å². The largest absolute Gasteiger partial charge is 0.399 e. The molecular weight excluding hydrogens is 448 g/mol. The van der Waals surface area contributed by atoms with E-state index in [-0.39, 0.29) is 5.92 Å². The molecule has 1 amide bonds. The van der Waals surface area contributed by atoms with Crippen LogP contribution in [-0.2, 0) is 11.3 Å². The van der Waals surface area contributed by atoms with Gasteiger partial charge in [-0.25, -0.2) is 15.0 Å². The molecule has 1 aromatic rings. The highest BCUT2D eigenvalue weighted by Crippen LogP contribution is 2.28. The highest BCUT2D eigenvalue weighted by molar-refractivity contribution is 7.98. The Morgan fingerprint density at radius 2 is 1.82 bits per heavy atom. The van der Waals surface area contributed by atoms with Crippen molar-refractivity contribution in [2.75, 3.05) is 44.0 Å². The van der Waals surface area contributed by atoms with Gasteiger partial charge in [0.2, 0.25) is 11.9 Å². The Hall–Kier alpha value is -2.59. The Balaban J connectivity index is 1.27. The number of hydrogen-bond acceptors (Lipinski definition) is 9. The summed E-state index contributed by atoms with van der Waals surface area (Å²) in [5, 5.41) is 0. The van der Waals surface area contributed by atoms with Crippen LogP contribution < -0.4 is 11.5 Å². The standard InChI is InChI=1S/C24H36N8OS/c1-34-17-32(22-21(25)4-2-3-9-27-22)20-7-12-31(13-8-20)23(33)19-5-10-30(11-6-19)16-18-14-28-24(26)29-15-18/h2-3,9,14-15,19-20H,4-8,10-13,16-17,25H2,1H3,(H2,26,28,29). The lowest BCUT2D eigenvalue weighted by molar-refractivity contribution is -0.138. The lowest BCUT2D eigenvalue weighted by Gasteiger charge is -2.41. The second kappa shape index (κ2) is 11.7. The second-order valence-corrected chi connectivity index (χ2v) is 10.0. The number of piperidine rings is 2. The summed E-state index contributed by atoms with van der Waals surface area (Å²) in [6.07, 6.45) is 15.9. The number of hydrogen-bond donors (Lipinski definition) is 2. The Kier molecular flexibility index (Phi) is 8.44. The average molecular weight is 485 g/mol. The number of allylic oxidation sites excluding steroid dienone is 2. The second-order valence-electron chi connectivity index (χ2n) is 9.20. The van der Waals surface area contributed by atoms with Gasteiger partial charge in [0, 0.05) is 62.2 Å². The van der Waals surface area contributed by atoms with Crippen molar-refractivity contribution >= 4 is 29.8 Å². The first-order chi connectivity index (χ1) is 16.5. The molecule has 0 spiro atoms. The number of thioether (sulfide) groups is 1. The maximum Gasteiger partial charge on any atom is 0.225 e. The first-order valence-electron chi connectivity index (χ1n) is 12.1. The number of rotatable bonds is 7. The molecule has 4 N–H and O–H groups in total. The molecule has 34 heavy (non-hydrogen) atoms. The van der Waals surface area contributed by atoms with Crippen LogP contribution in [0.15, 0.2) is 41.1 Å². The fourth-order valence-electron chi connectivity index (χ4n) is 4.98. The summed E-state index contributed by atoms with van der Waals surface area (Å²) in [5.41, 5.74) is 13.8. The predicted molar refractivity (Wildman–Crippen MR) is 138 cm³/mol. The lowest BCUT2D eigenvalue weighted by atomic mass is 9.93. The minimum absolute atomic E-state index is 0.119. The molecule has 0 saturated carbocycles. The highest BCUT2D eigenvalue weighted by atomic mass is 32.2. The van der Waals surface area contributed by atoms with Crippen molar-refractivity contribution in [3.63, 3.8) is 0 Å². The maximum absolute atomic E-state index is 13.3. The Labute approximate surface area is 206 Å². The third-order valence-corrected chi connectivity index (χ3v) is 7.41. The summed E-state index contributed by atoms with van der Waals surface area (Å²) in [6, 6.07) is 0.351. The van der Waals surface area contributed by atoms with E-state index >= 15 is 0 Å². The van der Waals surface area contributed by atoms with Crippen molar-refractivity contribution in [1.29, 1.82) is 0 Å². The van der Waals surface area contributed by atoms with E-state index in [1.807, 2.05) is 18.4 Å². The van der Waals surface area contributed by atoms with Crippen LogP contribution in [0.1, 0.15) is 37.7 Å². The van der Waals surface area contributed by atoms with Crippen LogP contribution in [0.25, 0.3) is 0 Å². The number of aromatic nitrogens is 2. The molecule has 2 saturated heterocycles. The summed E-state index contributed by atoms with van der Waals surface area (Å²) >= 11 is 1.78. The number of carbonyl (C=O) groups is 1. The highest BCUT2D eigenvalue weighted by Gasteiger charge is 2.33. The van der Waals surface area contributed by atoms with Crippen LogP contribution in [0.5, 0.6) is 0 Å². The zero-order valence-corrected chi connectivity index (χ0v) is 20.8. The van der Waals surface area contributed by atoms with Gasteiger partial charge in [-0.05, 0) is 51.1 Å². The predicted octanol–water partition coefficient (Wildman–Crippen LogP) is 2.04. The molecule has 0 bridgehead atoms. The Bertz CT molecular complexity index is 915. The third-order valence-electron chi connectivity index (χ3n) is 6.87. The topological polar surface area (TPSA) is 117 Å². The number of amides is 1. The normalized spacial score (nSPS) is 20.6. The monoisotopic (exact) mass is 484 g/mol. The zero-order chi connectivity index (χ0) is 23.9. The summed E-state index contributed by atoms with van der Waals surface area (Å²) in [4.78, 5) is 32.8. The number of nitrogens with zero attached hydrogens (tertiary/aromatic N) is 6. The molecule has 2 fully saturated rings. The van der Waals surface area contributed by atoms with Gasteiger partial charge < -0.3 is 21.3 Å². The van der Waals surface area contributed by atoms with Gasteiger partial charge in [-0.1, -0.05) is 6.08 Å². The molecule has 4 heterocycles. The van der Waals surface area contributed by atoms with Gasteiger partial charge in [0.05, 0.1) is 11.6 Å². The van der Waals surface area contributed by atoms with E-state index in [0.717, 1.165) is 87.8 Å². The fraction of sp³-hybridized carbons (Fsp3) is 0.583.